The minimum atomic E-state index is -0.418. The van der Waals surface area contributed by atoms with Crippen molar-refractivity contribution in [2.24, 2.45) is 5.10 Å². The van der Waals surface area contributed by atoms with Crippen LogP contribution in [0.5, 0.6) is 5.75 Å². The number of para-hydroxylation sites is 1. The summed E-state index contributed by atoms with van der Waals surface area (Å²) in [6.45, 7) is 6.59. The molecule has 2 rings (SSSR count). The maximum atomic E-state index is 11.8. The van der Waals surface area contributed by atoms with E-state index >= 15 is 0 Å². The first-order valence-electron chi connectivity index (χ1n) is 8.07. The molecule has 2 aromatic rings. The Bertz CT molecular complexity index is 713. The highest BCUT2D eigenvalue weighted by molar-refractivity contribution is 5.96. The molecule has 0 saturated carbocycles. The Balaban J connectivity index is 1.81. The van der Waals surface area contributed by atoms with E-state index < -0.39 is 5.91 Å². The number of nitrogens with one attached hydrogen (secondary N) is 1. The quantitative estimate of drug-likeness (QED) is 0.644. The highest BCUT2D eigenvalue weighted by atomic mass is 16.3. The molecule has 0 atom stereocenters. The average molecular weight is 324 g/mol. The van der Waals surface area contributed by atoms with Crippen LogP contribution in [-0.2, 0) is 11.8 Å². The Labute approximate surface area is 143 Å². The average Bonchev–Trinajstić information content (AvgIpc) is 2.54. The summed E-state index contributed by atoms with van der Waals surface area (Å²) in [4.78, 5) is 11.8. The lowest BCUT2D eigenvalue weighted by atomic mass is 9.86. The van der Waals surface area contributed by atoms with E-state index in [1.54, 1.807) is 24.4 Å². The smallest absolute Gasteiger partial charge is 0.275 e. The molecule has 0 radical (unpaired) electrons. The van der Waals surface area contributed by atoms with Crippen molar-refractivity contribution in [1.29, 1.82) is 0 Å². The van der Waals surface area contributed by atoms with Crippen LogP contribution in [0.3, 0.4) is 0 Å². The second-order valence-corrected chi connectivity index (χ2v) is 6.76. The number of phenols is 1. The predicted molar refractivity (Wildman–Crippen MR) is 97.5 cm³/mol. The van der Waals surface area contributed by atoms with Crippen LogP contribution in [0.15, 0.2) is 53.6 Å². The number of hydrogen-bond acceptors (Lipinski definition) is 3. The van der Waals surface area contributed by atoms with Gasteiger partial charge in [-0.2, -0.15) is 5.10 Å². The zero-order chi connectivity index (χ0) is 17.6. The van der Waals surface area contributed by atoms with Gasteiger partial charge in [-0.05, 0) is 41.5 Å². The van der Waals surface area contributed by atoms with Gasteiger partial charge in [0.2, 0.25) is 0 Å². The van der Waals surface area contributed by atoms with Crippen LogP contribution in [0.2, 0.25) is 0 Å². The zero-order valence-electron chi connectivity index (χ0n) is 14.4. The van der Waals surface area contributed by atoms with Crippen molar-refractivity contribution < 1.29 is 9.90 Å². The summed E-state index contributed by atoms with van der Waals surface area (Å²) in [6.07, 6.45) is 3.27. The van der Waals surface area contributed by atoms with Crippen molar-refractivity contribution in [3.63, 3.8) is 0 Å². The Morgan fingerprint density at radius 3 is 2.42 bits per heavy atom. The molecular weight excluding hydrogens is 300 g/mol. The normalized spacial score (nSPS) is 11.6. The van der Waals surface area contributed by atoms with Gasteiger partial charge in [0, 0.05) is 6.21 Å². The van der Waals surface area contributed by atoms with Crippen LogP contribution in [0.1, 0.15) is 48.7 Å². The topological polar surface area (TPSA) is 61.7 Å². The number of amides is 1. The van der Waals surface area contributed by atoms with Crippen LogP contribution >= 0.6 is 0 Å². The lowest BCUT2D eigenvalue weighted by molar-refractivity contribution is 0.0952. The number of benzene rings is 2. The molecule has 0 fully saturated rings. The van der Waals surface area contributed by atoms with E-state index in [1.807, 2.05) is 0 Å². The molecule has 0 spiro atoms. The third kappa shape index (κ3) is 4.95. The molecule has 4 nitrogen and oxygen atoms in total. The van der Waals surface area contributed by atoms with Crippen molar-refractivity contribution >= 4 is 12.1 Å². The van der Waals surface area contributed by atoms with Gasteiger partial charge in [-0.25, -0.2) is 5.43 Å². The third-order valence-corrected chi connectivity index (χ3v) is 3.79. The summed E-state index contributed by atoms with van der Waals surface area (Å²) in [5, 5.41) is 13.5. The van der Waals surface area contributed by atoms with Gasteiger partial charge in [0.25, 0.3) is 5.91 Å². The first-order valence-corrected chi connectivity index (χ1v) is 8.07. The van der Waals surface area contributed by atoms with E-state index in [4.69, 9.17) is 0 Å². The lowest BCUT2D eigenvalue weighted by Crippen LogP contribution is -2.17. The second kappa shape index (κ2) is 7.77. The van der Waals surface area contributed by atoms with Crippen molar-refractivity contribution in [1.82, 2.24) is 5.43 Å². The van der Waals surface area contributed by atoms with E-state index in [0.29, 0.717) is 0 Å². The van der Waals surface area contributed by atoms with Crippen LogP contribution < -0.4 is 5.43 Å². The predicted octanol–water partition coefficient (Wildman–Crippen LogP) is 4.04. The van der Waals surface area contributed by atoms with E-state index in [9.17, 15) is 9.90 Å². The molecule has 0 aliphatic heterocycles. The fourth-order valence-electron chi connectivity index (χ4n) is 2.30. The largest absolute Gasteiger partial charge is 0.507 e. The molecule has 1 amide bonds. The van der Waals surface area contributed by atoms with Gasteiger partial charge in [-0.15, -0.1) is 0 Å². The molecular formula is C20H24N2O2. The molecule has 126 valence electrons. The molecule has 24 heavy (non-hydrogen) atoms. The molecule has 0 saturated heterocycles. The number of aryl methyl sites for hydroxylation is 1. The Kier molecular flexibility index (Phi) is 5.74. The first kappa shape index (κ1) is 17.7. The summed E-state index contributed by atoms with van der Waals surface area (Å²) < 4.78 is 0. The molecule has 4 heteroatoms. The van der Waals surface area contributed by atoms with Gasteiger partial charge in [0.1, 0.15) is 5.75 Å². The Morgan fingerprint density at radius 2 is 1.79 bits per heavy atom. The molecule has 2 aromatic carbocycles. The molecule has 0 heterocycles. The summed E-state index contributed by atoms with van der Waals surface area (Å²) in [5.74, 6) is -0.469. The number of hydrazone groups is 1. The third-order valence-electron chi connectivity index (χ3n) is 3.79. The van der Waals surface area contributed by atoms with Crippen LogP contribution in [0, 0.1) is 0 Å². The maximum Gasteiger partial charge on any atom is 0.275 e. The number of hydrogen-bond donors (Lipinski definition) is 2. The molecule has 0 aliphatic carbocycles. The van der Waals surface area contributed by atoms with Crippen LogP contribution in [-0.4, -0.2) is 17.2 Å². The highest BCUT2D eigenvalue weighted by Gasteiger charge is 2.12. The van der Waals surface area contributed by atoms with Gasteiger partial charge in [0.05, 0.1) is 5.56 Å². The number of carbonyl (C=O) groups is 1. The molecule has 0 unspecified atom stereocenters. The fourth-order valence-corrected chi connectivity index (χ4v) is 2.30. The minimum absolute atomic E-state index is 0.0517. The minimum Gasteiger partial charge on any atom is -0.507 e. The standard InChI is InChI=1S/C20H24N2O2/c1-20(2,3)16-12-10-15(11-13-16)7-6-14-21-22-19(24)17-8-4-5-9-18(17)23/h4-5,8-14,23H,6-7H2,1-3H3,(H,22,24)/b21-14+. The van der Waals surface area contributed by atoms with Gasteiger partial charge in [0.15, 0.2) is 0 Å². The first-order chi connectivity index (χ1) is 11.4. The summed E-state index contributed by atoms with van der Waals surface area (Å²) >= 11 is 0. The van der Waals surface area contributed by atoms with E-state index in [0.717, 1.165) is 12.8 Å². The van der Waals surface area contributed by atoms with Gasteiger partial charge in [-0.3, -0.25) is 4.79 Å². The monoisotopic (exact) mass is 324 g/mol. The van der Waals surface area contributed by atoms with E-state index in [2.05, 4.69) is 55.6 Å². The van der Waals surface area contributed by atoms with Gasteiger partial charge >= 0.3 is 0 Å². The van der Waals surface area contributed by atoms with Gasteiger partial charge in [-0.1, -0.05) is 57.2 Å². The number of carbonyl (C=O) groups excluding carboxylic acids is 1. The molecule has 0 bridgehead atoms. The van der Waals surface area contributed by atoms with E-state index in [1.165, 1.54) is 17.2 Å². The van der Waals surface area contributed by atoms with Crippen molar-refractivity contribution in [3.8, 4) is 5.75 Å². The Hall–Kier alpha value is -2.62. The van der Waals surface area contributed by atoms with Gasteiger partial charge < -0.3 is 5.11 Å². The summed E-state index contributed by atoms with van der Waals surface area (Å²) in [6, 6.07) is 15.0. The SMILES string of the molecule is CC(C)(C)c1ccc(CC/C=N/NC(=O)c2ccccc2O)cc1. The lowest BCUT2D eigenvalue weighted by Gasteiger charge is -2.19. The van der Waals surface area contributed by atoms with Crippen LogP contribution in [0.4, 0.5) is 0 Å². The number of rotatable bonds is 5. The highest BCUT2D eigenvalue weighted by Crippen LogP contribution is 2.22. The zero-order valence-corrected chi connectivity index (χ0v) is 14.4. The van der Waals surface area contributed by atoms with Crippen molar-refractivity contribution in [2.45, 2.75) is 39.0 Å². The number of nitrogens with zero attached hydrogens (tertiary/aromatic N) is 1. The maximum absolute atomic E-state index is 11.8. The summed E-state index contributed by atoms with van der Waals surface area (Å²) in [5.41, 5.74) is 5.35. The number of phenolic OH excluding ortho intramolecular Hbond substituents is 1. The molecule has 0 aliphatic rings. The van der Waals surface area contributed by atoms with Crippen molar-refractivity contribution in [3.05, 3.63) is 65.2 Å². The number of aromatic hydroxyl groups is 1. The summed E-state index contributed by atoms with van der Waals surface area (Å²) in [7, 11) is 0. The van der Waals surface area contributed by atoms with Crippen LogP contribution in [0.25, 0.3) is 0 Å². The molecule has 0 aromatic heterocycles. The van der Waals surface area contributed by atoms with E-state index in [-0.39, 0.29) is 16.7 Å². The fraction of sp³-hybridized carbons (Fsp3) is 0.300. The Morgan fingerprint density at radius 1 is 1.12 bits per heavy atom. The molecule has 2 N–H and O–H groups in total. The van der Waals surface area contributed by atoms with Crippen molar-refractivity contribution in [2.75, 3.05) is 0 Å². The second-order valence-electron chi connectivity index (χ2n) is 6.76.